The Morgan fingerprint density at radius 1 is 1.17 bits per heavy atom. The summed E-state index contributed by atoms with van der Waals surface area (Å²) in [5.74, 6) is 0.723. The van der Waals surface area contributed by atoms with Gasteiger partial charge in [0.2, 0.25) is 0 Å². The second-order valence-corrected chi connectivity index (χ2v) is 13.7. The minimum atomic E-state index is -2.68. The fourth-order valence-electron chi connectivity index (χ4n) is 5.19. The van der Waals surface area contributed by atoms with E-state index in [-0.39, 0.29) is 5.41 Å². The Kier molecular flexibility index (Phi) is 5.88. The van der Waals surface area contributed by atoms with Gasteiger partial charge in [0.1, 0.15) is 0 Å². The van der Waals surface area contributed by atoms with Gasteiger partial charge >= 0.3 is 0 Å². The van der Waals surface area contributed by atoms with E-state index in [1.54, 1.807) is 4.68 Å². The fraction of sp³-hybridized carbons (Fsp3) is 0.269. The van der Waals surface area contributed by atoms with Crippen LogP contribution < -0.4 is 15.3 Å². The molecule has 0 radical (unpaired) electrons. The predicted octanol–water partition coefficient (Wildman–Crippen LogP) is 6.25. The monoisotopic (exact) mass is 520 g/mol. The van der Waals surface area contributed by atoms with Crippen LogP contribution in [0.25, 0.3) is 0 Å². The third-order valence-corrected chi connectivity index (χ3v) is 11.2. The highest BCUT2D eigenvalue weighted by Crippen LogP contribution is 2.62. The number of para-hydroxylation sites is 2. The van der Waals surface area contributed by atoms with Crippen LogP contribution in [0.4, 0.5) is 17.2 Å². The predicted molar refractivity (Wildman–Crippen MR) is 149 cm³/mol. The lowest BCUT2D eigenvalue weighted by molar-refractivity contribution is 0.626. The van der Waals surface area contributed by atoms with Crippen LogP contribution in [-0.4, -0.2) is 23.0 Å². The van der Waals surface area contributed by atoms with Crippen molar-refractivity contribution in [3.8, 4) is 6.07 Å². The maximum absolute atomic E-state index is 9.14. The van der Waals surface area contributed by atoms with Crippen LogP contribution in [0.15, 0.2) is 64.5 Å². The van der Waals surface area contributed by atoms with Gasteiger partial charge in [-0.15, -0.1) is 0 Å². The minimum Gasteiger partial charge on any atom is -0.349 e. The van der Waals surface area contributed by atoms with E-state index in [0.29, 0.717) is 18.0 Å². The van der Waals surface area contributed by atoms with Crippen molar-refractivity contribution in [1.82, 2.24) is 9.78 Å². The molecule has 1 aromatic heterocycles. The molecule has 2 aliphatic rings. The number of nitrogens with zero attached hydrogens (tertiary/aromatic N) is 5. The molecule has 2 aromatic carbocycles. The molecule has 6 nitrogen and oxygen atoms in total. The number of rotatable bonds is 4. The molecule has 3 heterocycles. The first-order valence-electron chi connectivity index (χ1n) is 11.4. The number of benzene rings is 2. The summed E-state index contributed by atoms with van der Waals surface area (Å²) in [6.07, 6.45) is -0.422. The number of allylic oxidation sites excluding steroid dienone is 2. The summed E-state index contributed by atoms with van der Waals surface area (Å²) in [4.78, 5) is 7.13. The van der Waals surface area contributed by atoms with Gasteiger partial charge < -0.3 is 9.99 Å². The summed E-state index contributed by atoms with van der Waals surface area (Å²) in [6, 6.07) is 18.3. The molecule has 1 N–H and O–H groups in total. The van der Waals surface area contributed by atoms with E-state index in [0.717, 1.165) is 33.5 Å². The molecular weight excluding hydrogens is 495 g/mol. The molecule has 0 fully saturated rings. The molecule has 0 amide bonds. The third kappa shape index (κ3) is 3.63. The van der Waals surface area contributed by atoms with Gasteiger partial charge in [-0.1, -0.05) is 67.6 Å². The van der Waals surface area contributed by atoms with E-state index < -0.39 is 6.19 Å². The Morgan fingerprint density at radius 2 is 1.89 bits per heavy atom. The molecule has 178 valence electrons. The van der Waals surface area contributed by atoms with Gasteiger partial charge in [0, 0.05) is 35.4 Å². The van der Waals surface area contributed by atoms with E-state index >= 15 is 0 Å². The van der Waals surface area contributed by atoms with E-state index in [1.807, 2.05) is 37.4 Å². The highest BCUT2D eigenvalue weighted by Gasteiger charge is 2.45. The van der Waals surface area contributed by atoms with Crippen LogP contribution in [0.5, 0.6) is 0 Å². The molecule has 5 rings (SSSR count). The SMILES string of the molecule is Cc1nn(CCC#N)c2c1P(=S)(Nc1ccccc1Cl)C(=C1N(C)c3ccccc3C1(C)C)C=N2. The molecule has 1 atom stereocenters. The molecule has 0 saturated heterocycles. The molecule has 0 bridgehead atoms. The lowest BCUT2D eigenvalue weighted by Crippen LogP contribution is -2.29. The van der Waals surface area contributed by atoms with Crippen LogP contribution in [0.1, 0.15) is 31.5 Å². The number of anilines is 2. The number of aryl methyl sites for hydroxylation is 2. The number of fused-ring (bicyclic) bond motifs is 2. The smallest absolute Gasteiger partial charge is 0.161 e. The lowest BCUT2D eigenvalue weighted by Gasteiger charge is -2.35. The summed E-state index contributed by atoms with van der Waals surface area (Å²) in [7, 11) is 2.09. The Morgan fingerprint density at radius 3 is 2.60 bits per heavy atom. The second kappa shape index (κ2) is 8.64. The van der Waals surface area contributed by atoms with Crippen LogP contribution >= 0.6 is 17.8 Å². The number of nitrogens with one attached hydrogen (secondary N) is 1. The Bertz CT molecular complexity index is 1500. The van der Waals surface area contributed by atoms with E-state index in [1.165, 1.54) is 11.3 Å². The van der Waals surface area contributed by atoms with Crippen LogP contribution in [0.2, 0.25) is 5.02 Å². The van der Waals surface area contributed by atoms with Gasteiger partial charge in [0.15, 0.2) is 5.82 Å². The van der Waals surface area contributed by atoms with Gasteiger partial charge in [0.05, 0.1) is 46.9 Å². The highest BCUT2D eigenvalue weighted by atomic mass is 35.5. The number of nitriles is 1. The van der Waals surface area contributed by atoms with E-state index in [2.05, 4.69) is 61.2 Å². The number of halogens is 1. The molecule has 0 spiro atoms. The largest absolute Gasteiger partial charge is 0.349 e. The van der Waals surface area contributed by atoms with Crippen LogP contribution in [-0.2, 0) is 23.8 Å². The van der Waals surface area contributed by atoms with E-state index in [9.17, 15) is 0 Å². The zero-order valence-corrected chi connectivity index (χ0v) is 22.5. The van der Waals surface area contributed by atoms with Crippen molar-refractivity contribution >= 4 is 58.3 Å². The third-order valence-electron chi connectivity index (χ3n) is 6.73. The summed E-state index contributed by atoms with van der Waals surface area (Å²) >= 11 is 13.2. The van der Waals surface area contributed by atoms with Crippen molar-refractivity contribution in [2.75, 3.05) is 17.0 Å². The normalized spacial score (nSPS) is 22.0. The summed E-state index contributed by atoms with van der Waals surface area (Å²) in [6.45, 7) is 6.91. The molecule has 0 aliphatic carbocycles. The molecule has 1 unspecified atom stereocenters. The second-order valence-electron chi connectivity index (χ2n) is 9.28. The molecule has 3 aromatic rings. The zero-order valence-electron chi connectivity index (χ0n) is 20.1. The van der Waals surface area contributed by atoms with Crippen molar-refractivity contribution in [1.29, 1.82) is 5.26 Å². The van der Waals surface area contributed by atoms with E-state index in [4.69, 9.17) is 38.8 Å². The minimum absolute atomic E-state index is 0.277. The number of aliphatic imine (C=N–C) groups is 1. The molecule has 2 aliphatic heterocycles. The number of hydrogen-bond acceptors (Lipinski definition) is 5. The zero-order chi connectivity index (χ0) is 25.0. The maximum atomic E-state index is 9.14. The van der Waals surface area contributed by atoms with Gasteiger partial charge in [0.25, 0.3) is 0 Å². The Hall–Kier alpha value is -2.91. The topological polar surface area (TPSA) is 69.2 Å². The summed E-state index contributed by atoms with van der Waals surface area (Å²) < 4.78 is 1.80. The molecule has 35 heavy (non-hydrogen) atoms. The molecular formula is C26H26ClN6PS. The molecule has 9 heteroatoms. The van der Waals surface area contributed by atoms with Crippen molar-refractivity contribution in [2.45, 2.75) is 39.2 Å². The first kappa shape index (κ1) is 23.8. The van der Waals surface area contributed by atoms with Gasteiger partial charge in [-0.25, -0.2) is 9.67 Å². The lowest BCUT2D eigenvalue weighted by atomic mass is 9.84. The Labute approximate surface area is 216 Å². The Balaban J connectivity index is 1.79. The van der Waals surface area contributed by atoms with Crippen LogP contribution in [0.3, 0.4) is 0 Å². The van der Waals surface area contributed by atoms with Gasteiger partial charge in [-0.3, -0.25) is 0 Å². The fourth-order valence-corrected chi connectivity index (χ4v) is 9.69. The highest BCUT2D eigenvalue weighted by molar-refractivity contribution is 8.21. The average molecular weight is 521 g/mol. The van der Waals surface area contributed by atoms with Crippen molar-refractivity contribution < 1.29 is 0 Å². The standard InChI is InChI=1S/C26H26ClN6PS/c1-17-23-25(33(30-17)15-9-14-28)29-16-22(34(23,35)31-20-12-7-6-11-19(20)27)24-26(2,3)18-10-5-8-13-21(18)32(24)4/h5-8,10-13,16H,9,15H2,1-4H3,(H,31,35). The first-order chi connectivity index (χ1) is 16.7. The van der Waals surface area contributed by atoms with Crippen molar-refractivity contribution in [3.63, 3.8) is 0 Å². The van der Waals surface area contributed by atoms with Crippen LogP contribution in [0, 0.1) is 18.3 Å². The van der Waals surface area contributed by atoms with Crippen molar-refractivity contribution in [2.24, 2.45) is 4.99 Å². The number of hydrogen-bond donors (Lipinski definition) is 1. The van der Waals surface area contributed by atoms with Crippen molar-refractivity contribution in [3.05, 3.63) is 75.8 Å². The first-order valence-corrected chi connectivity index (χ1v) is 14.6. The molecule has 0 saturated carbocycles. The average Bonchev–Trinajstić information content (AvgIpc) is 3.26. The maximum Gasteiger partial charge on any atom is 0.161 e. The van der Waals surface area contributed by atoms with Gasteiger partial charge in [-0.05, 0) is 30.7 Å². The quantitative estimate of drug-likeness (QED) is 0.412. The van der Waals surface area contributed by atoms with Gasteiger partial charge in [-0.2, -0.15) is 10.4 Å². The number of aromatic nitrogens is 2. The summed E-state index contributed by atoms with van der Waals surface area (Å²) in [5, 5.41) is 20.1. The number of likely N-dealkylation sites (N-methyl/N-ethyl adjacent to an activating group) is 1. The summed E-state index contributed by atoms with van der Waals surface area (Å²) in [5.41, 5.74) is 4.88.